The molecule has 0 saturated heterocycles. The number of hydrazine groups is 1. The van der Waals surface area contributed by atoms with Crippen LogP contribution in [0.5, 0.6) is 11.5 Å². The Morgan fingerprint density at radius 2 is 1.80 bits per heavy atom. The monoisotopic (exact) mass is 280 g/mol. The molecule has 20 heavy (non-hydrogen) atoms. The van der Waals surface area contributed by atoms with Crippen LogP contribution in [0.3, 0.4) is 0 Å². The number of methoxy groups -OCH3 is 2. The van der Waals surface area contributed by atoms with Gasteiger partial charge in [-0.3, -0.25) is 11.3 Å². The number of hydrogen-bond donors (Lipinski definition) is 2. The second-order valence-electron chi connectivity index (χ2n) is 6.36. The van der Waals surface area contributed by atoms with Crippen molar-refractivity contribution in [2.24, 2.45) is 11.3 Å². The van der Waals surface area contributed by atoms with Crippen LogP contribution in [0.25, 0.3) is 0 Å². The minimum absolute atomic E-state index is 0.271. The van der Waals surface area contributed by atoms with Crippen molar-refractivity contribution in [2.45, 2.75) is 46.1 Å². The number of nitrogens with one attached hydrogen (secondary N) is 1. The van der Waals surface area contributed by atoms with Gasteiger partial charge in [0.25, 0.3) is 0 Å². The molecule has 3 N–H and O–H groups in total. The van der Waals surface area contributed by atoms with Gasteiger partial charge in [-0.2, -0.15) is 0 Å². The first-order chi connectivity index (χ1) is 9.39. The Morgan fingerprint density at radius 3 is 2.30 bits per heavy atom. The van der Waals surface area contributed by atoms with E-state index in [1.807, 2.05) is 12.1 Å². The fraction of sp³-hybridized carbons (Fsp3) is 0.625. The Labute approximate surface area is 122 Å². The normalized spacial score (nSPS) is 13.1. The molecular weight excluding hydrogens is 252 g/mol. The molecular formula is C16H28N2O2. The van der Waals surface area contributed by atoms with Gasteiger partial charge in [0.1, 0.15) is 0 Å². The number of ether oxygens (including phenoxy) is 2. The maximum atomic E-state index is 5.67. The Bertz CT molecular complexity index is 413. The van der Waals surface area contributed by atoms with Crippen molar-refractivity contribution in [3.05, 3.63) is 23.8 Å². The van der Waals surface area contributed by atoms with Crippen LogP contribution in [-0.4, -0.2) is 20.3 Å². The zero-order valence-electron chi connectivity index (χ0n) is 13.3. The van der Waals surface area contributed by atoms with Gasteiger partial charge < -0.3 is 9.47 Å². The molecule has 0 aliphatic heterocycles. The first kappa shape index (κ1) is 16.8. The summed E-state index contributed by atoms with van der Waals surface area (Å²) in [6.45, 7) is 6.74. The summed E-state index contributed by atoms with van der Waals surface area (Å²) >= 11 is 0. The highest BCUT2D eigenvalue weighted by molar-refractivity contribution is 5.43. The summed E-state index contributed by atoms with van der Waals surface area (Å²) in [5, 5.41) is 0. The van der Waals surface area contributed by atoms with E-state index in [0.29, 0.717) is 5.41 Å². The molecule has 0 bridgehead atoms. The molecule has 1 rings (SSSR count). The van der Waals surface area contributed by atoms with Gasteiger partial charge in [0.2, 0.25) is 0 Å². The third kappa shape index (κ3) is 5.39. The van der Waals surface area contributed by atoms with Crippen LogP contribution in [-0.2, 0) is 6.42 Å². The number of rotatable bonds is 7. The van der Waals surface area contributed by atoms with E-state index in [4.69, 9.17) is 15.3 Å². The molecule has 1 aromatic rings. The molecule has 0 spiro atoms. The average Bonchev–Trinajstić information content (AvgIpc) is 2.42. The van der Waals surface area contributed by atoms with Crippen molar-refractivity contribution in [1.29, 1.82) is 0 Å². The van der Waals surface area contributed by atoms with Crippen molar-refractivity contribution in [3.63, 3.8) is 0 Å². The van der Waals surface area contributed by atoms with E-state index in [-0.39, 0.29) is 6.04 Å². The van der Waals surface area contributed by atoms with Gasteiger partial charge in [-0.25, -0.2) is 0 Å². The quantitative estimate of drug-likeness (QED) is 0.595. The minimum Gasteiger partial charge on any atom is -0.493 e. The Morgan fingerprint density at radius 1 is 1.15 bits per heavy atom. The Hall–Kier alpha value is -1.26. The third-order valence-electron chi connectivity index (χ3n) is 3.41. The lowest BCUT2D eigenvalue weighted by atomic mass is 9.87. The summed E-state index contributed by atoms with van der Waals surface area (Å²) in [5.41, 5.74) is 4.44. The lowest BCUT2D eigenvalue weighted by Crippen LogP contribution is -2.37. The summed E-state index contributed by atoms with van der Waals surface area (Å²) in [6.07, 6.45) is 3.07. The molecule has 1 aromatic carbocycles. The van der Waals surface area contributed by atoms with E-state index in [0.717, 1.165) is 30.8 Å². The highest BCUT2D eigenvalue weighted by Crippen LogP contribution is 2.28. The molecule has 0 aliphatic rings. The van der Waals surface area contributed by atoms with Crippen LogP contribution < -0.4 is 20.7 Å². The summed E-state index contributed by atoms with van der Waals surface area (Å²) in [6, 6.07) is 6.28. The van der Waals surface area contributed by atoms with E-state index < -0.39 is 0 Å². The smallest absolute Gasteiger partial charge is 0.160 e. The molecule has 0 aliphatic carbocycles. The van der Waals surface area contributed by atoms with Crippen LogP contribution in [0.4, 0.5) is 0 Å². The Kier molecular flexibility index (Phi) is 6.30. The Balaban J connectivity index is 2.70. The molecule has 0 fully saturated rings. The van der Waals surface area contributed by atoms with E-state index in [2.05, 4.69) is 32.3 Å². The van der Waals surface area contributed by atoms with Gasteiger partial charge in [0.15, 0.2) is 11.5 Å². The van der Waals surface area contributed by atoms with Gasteiger partial charge in [-0.05, 0) is 42.4 Å². The first-order valence-corrected chi connectivity index (χ1v) is 7.06. The molecule has 4 nitrogen and oxygen atoms in total. The SMILES string of the molecule is COc1ccc(CC(CCC(C)(C)C)NN)cc1OC. The zero-order chi connectivity index (χ0) is 15.2. The van der Waals surface area contributed by atoms with Crippen LogP contribution in [0.2, 0.25) is 0 Å². The zero-order valence-corrected chi connectivity index (χ0v) is 13.3. The molecule has 1 unspecified atom stereocenters. The third-order valence-corrected chi connectivity index (χ3v) is 3.41. The average molecular weight is 280 g/mol. The molecule has 0 saturated carbocycles. The molecule has 0 heterocycles. The number of benzene rings is 1. The molecule has 114 valence electrons. The second kappa shape index (κ2) is 7.50. The lowest BCUT2D eigenvalue weighted by Gasteiger charge is -2.23. The highest BCUT2D eigenvalue weighted by Gasteiger charge is 2.15. The van der Waals surface area contributed by atoms with Crippen molar-refractivity contribution < 1.29 is 9.47 Å². The van der Waals surface area contributed by atoms with Gasteiger partial charge in [0.05, 0.1) is 14.2 Å². The van der Waals surface area contributed by atoms with Crippen LogP contribution in [0, 0.1) is 5.41 Å². The van der Waals surface area contributed by atoms with E-state index >= 15 is 0 Å². The molecule has 0 radical (unpaired) electrons. The van der Waals surface area contributed by atoms with Gasteiger partial charge in [-0.1, -0.05) is 26.8 Å². The van der Waals surface area contributed by atoms with E-state index in [9.17, 15) is 0 Å². The van der Waals surface area contributed by atoms with Crippen molar-refractivity contribution >= 4 is 0 Å². The maximum absolute atomic E-state index is 5.67. The standard InChI is InChI=1S/C16H28N2O2/c1-16(2,3)9-8-13(18-17)10-12-6-7-14(19-4)15(11-12)20-5/h6-7,11,13,18H,8-10,17H2,1-5H3. The first-order valence-electron chi connectivity index (χ1n) is 7.06. The van der Waals surface area contributed by atoms with Crippen LogP contribution in [0.1, 0.15) is 39.2 Å². The summed E-state index contributed by atoms with van der Waals surface area (Å²) in [7, 11) is 3.30. The van der Waals surface area contributed by atoms with E-state index in [1.54, 1.807) is 14.2 Å². The highest BCUT2D eigenvalue weighted by atomic mass is 16.5. The molecule has 0 amide bonds. The second-order valence-corrected chi connectivity index (χ2v) is 6.36. The fourth-order valence-electron chi connectivity index (χ4n) is 2.14. The van der Waals surface area contributed by atoms with Crippen LogP contribution in [0.15, 0.2) is 18.2 Å². The molecule has 1 atom stereocenters. The van der Waals surface area contributed by atoms with Gasteiger partial charge >= 0.3 is 0 Å². The number of nitrogens with two attached hydrogens (primary N) is 1. The minimum atomic E-state index is 0.271. The molecule has 4 heteroatoms. The summed E-state index contributed by atoms with van der Waals surface area (Å²) in [5.74, 6) is 7.18. The predicted molar refractivity (Wildman–Crippen MR) is 83.1 cm³/mol. The van der Waals surface area contributed by atoms with E-state index in [1.165, 1.54) is 5.56 Å². The van der Waals surface area contributed by atoms with Gasteiger partial charge in [0, 0.05) is 6.04 Å². The maximum Gasteiger partial charge on any atom is 0.160 e. The van der Waals surface area contributed by atoms with Crippen molar-refractivity contribution in [3.8, 4) is 11.5 Å². The summed E-state index contributed by atoms with van der Waals surface area (Å²) < 4.78 is 10.6. The van der Waals surface area contributed by atoms with Gasteiger partial charge in [-0.15, -0.1) is 0 Å². The molecule has 0 aromatic heterocycles. The summed E-state index contributed by atoms with van der Waals surface area (Å²) in [4.78, 5) is 0. The number of hydrogen-bond acceptors (Lipinski definition) is 4. The lowest BCUT2D eigenvalue weighted by molar-refractivity contribution is 0.329. The van der Waals surface area contributed by atoms with Crippen LogP contribution >= 0.6 is 0 Å². The topological polar surface area (TPSA) is 56.5 Å². The van der Waals surface area contributed by atoms with Crippen molar-refractivity contribution in [2.75, 3.05) is 14.2 Å². The van der Waals surface area contributed by atoms with Crippen molar-refractivity contribution in [1.82, 2.24) is 5.43 Å². The largest absolute Gasteiger partial charge is 0.493 e. The fourth-order valence-corrected chi connectivity index (χ4v) is 2.14. The predicted octanol–water partition coefficient (Wildman–Crippen LogP) is 2.90.